The van der Waals surface area contributed by atoms with Crippen molar-refractivity contribution < 1.29 is 18.0 Å². The minimum Gasteiger partial charge on any atom is -0.352 e. The Morgan fingerprint density at radius 2 is 1.63 bits per heavy atom. The fourth-order valence-corrected chi connectivity index (χ4v) is 6.04. The molecule has 38 heavy (non-hydrogen) atoms. The third-order valence-corrected chi connectivity index (χ3v) is 8.63. The summed E-state index contributed by atoms with van der Waals surface area (Å²) in [5, 5.41) is 5.14. The molecule has 1 N–H and O–H groups in total. The van der Waals surface area contributed by atoms with E-state index in [9.17, 15) is 18.0 Å². The fraction of sp³-hybridized carbons (Fsp3) is 0.379. The summed E-state index contributed by atoms with van der Waals surface area (Å²) in [7, 11) is -3.83. The summed E-state index contributed by atoms with van der Waals surface area (Å²) in [6.45, 7) is 1.30. The van der Waals surface area contributed by atoms with Crippen molar-refractivity contribution in [2.24, 2.45) is 0 Å². The number of anilines is 1. The van der Waals surface area contributed by atoms with Gasteiger partial charge in [-0.1, -0.05) is 85.5 Å². The Kier molecular flexibility index (Phi) is 8.95. The zero-order valence-corrected chi connectivity index (χ0v) is 23.3. The van der Waals surface area contributed by atoms with Crippen molar-refractivity contribution in [3.63, 3.8) is 0 Å². The molecule has 0 aliphatic heterocycles. The Morgan fingerprint density at radius 1 is 0.974 bits per heavy atom. The average Bonchev–Trinajstić information content (AvgIpc) is 2.90. The van der Waals surface area contributed by atoms with Gasteiger partial charge in [-0.3, -0.25) is 13.9 Å². The van der Waals surface area contributed by atoms with E-state index in [1.807, 2.05) is 36.4 Å². The van der Waals surface area contributed by atoms with Crippen molar-refractivity contribution in [3.05, 3.63) is 77.3 Å². The lowest BCUT2D eigenvalue weighted by Crippen LogP contribution is -2.53. The standard InChI is InChI=1S/C29H34ClN3O4S/c1-21(29(35)31-24-14-4-3-5-15-24)32(19-23-12-7-9-17-26(23)30)28(34)20-33(38(2,36)37)27-18-10-13-22-11-6-8-16-25(22)27/h6-13,16-18,21,24H,3-5,14-15,19-20H2,1-2H3,(H,31,35)/t21-/m1/s1. The number of fused-ring (bicyclic) bond motifs is 1. The van der Waals surface area contributed by atoms with Gasteiger partial charge in [0.05, 0.1) is 11.9 Å². The first-order chi connectivity index (χ1) is 18.1. The van der Waals surface area contributed by atoms with Gasteiger partial charge in [-0.15, -0.1) is 0 Å². The molecule has 3 aromatic carbocycles. The third kappa shape index (κ3) is 6.66. The van der Waals surface area contributed by atoms with Crippen LogP contribution in [0, 0.1) is 0 Å². The molecule has 0 spiro atoms. The van der Waals surface area contributed by atoms with E-state index >= 15 is 0 Å². The monoisotopic (exact) mass is 555 g/mol. The van der Waals surface area contributed by atoms with Crippen LogP contribution in [0.15, 0.2) is 66.7 Å². The van der Waals surface area contributed by atoms with Crippen molar-refractivity contribution in [1.29, 1.82) is 0 Å². The normalized spacial score (nSPS) is 15.1. The largest absolute Gasteiger partial charge is 0.352 e. The molecule has 1 fully saturated rings. The van der Waals surface area contributed by atoms with Gasteiger partial charge in [0.2, 0.25) is 21.8 Å². The summed E-state index contributed by atoms with van der Waals surface area (Å²) in [4.78, 5) is 28.6. The molecule has 0 heterocycles. The minimum atomic E-state index is -3.83. The summed E-state index contributed by atoms with van der Waals surface area (Å²) in [6.07, 6.45) is 6.21. The highest BCUT2D eigenvalue weighted by atomic mass is 35.5. The van der Waals surface area contributed by atoms with Gasteiger partial charge >= 0.3 is 0 Å². The number of carbonyl (C=O) groups is 2. The predicted octanol–water partition coefficient (Wildman–Crippen LogP) is 5.13. The number of hydrogen-bond donors (Lipinski definition) is 1. The molecule has 0 unspecified atom stereocenters. The number of amides is 2. The predicted molar refractivity (Wildman–Crippen MR) is 153 cm³/mol. The molecule has 202 valence electrons. The molecule has 4 rings (SSSR count). The van der Waals surface area contributed by atoms with Crippen LogP contribution in [0.4, 0.5) is 5.69 Å². The van der Waals surface area contributed by atoms with E-state index in [1.54, 1.807) is 37.3 Å². The van der Waals surface area contributed by atoms with E-state index in [0.29, 0.717) is 21.7 Å². The number of hydrogen-bond acceptors (Lipinski definition) is 4. The van der Waals surface area contributed by atoms with Crippen LogP contribution in [-0.4, -0.2) is 50.0 Å². The molecule has 0 bridgehead atoms. The van der Waals surface area contributed by atoms with Gasteiger partial charge in [0.1, 0.15) is 12.6 Å². The van der Waals surface area contributed by atoms with Gasteiger partial charge in [0.25, 0.3) is 0 Å². The molecular formula is C29H34ClN3O4S. The van der Waals surface area contributed by atoms with E-state index in [0.717, 1.165) is 48.1 Å². The number of benzene rings is 3. The maximum atomic E-state index is 13.9. The average molecular weight is 556 g/mol. The first kappa shape index (κ1) is 27.9. The van der Waals surface area contributed by atoms with Crippen LogP contribution in [0.3, 0.4) is 0 Å². The summed E-state index contributed by atoms with van der Waals surface area (Å²) < 4.78 is 27.0. The maximum Gasteiger partial charge on any atom is 0.244 e. The van der Waals surface area contributed by atoms with Gasteiger partial charge in [-0.25, -0.2) is 8.42 Å². The van der Waals surface area contributed by atoms with Crippen LogP contribution < -0.4 is 9.62 Å². The van der Waals surface area contributed by atoms with Crippen molar-refractivity contribution >= 4 is 49.9 Å². The minimum absolute atomic E-state index is 0.0743. The van der Waals surface area contributed by atoms with Crippen LogP contribution in [0.5, 0.6) is 0 Å². The summed E-state index contributed by atoms with van der Waals surface area (Å²) in [5.74, 6) is -0.747. The molecule has 1 aliphatic rings. The maximum absolute atomic E-state index is 13.9. The SMILES string of the molecule is C[C@H](C(=O)NC1CCCCC1)N(Cc1ccccc1Cl)C(=O)CN(c1cccc2ccccc12)S(C)(=O)=O. The summed E-state index contributed by atoms with van der Waals surface area (Å²) in [6, 6.07) is 19.2. The topological polar surface area (TPSA) is 86.8 Å². The Hall–Kier alpha value is -3.10. The Morgan fingerprint density at radius 3 is 2.34 bits per heavy atom. The Bertz CT molecular complexity index is 1400. The molecule has 1 saturated carbocycles. The highest BCUT2D eigenvalue weighted by Gasteiger charge is 2.32. The molecule has 7 nitrogen and oxygen atoms in total. The van der Waals surface area contributed by atoms with E-state index < -0.39 is 28.5 Å². The first-order valence-corrected chi connectivity index (χ1v) is 15.2. The van der Waals surface area contributed by atoms with Crippen molar-refractivity contribution in [2.45, 2.75) is 57.7 Å². The van der Waals surface area contributed by atoms with Crippen molar-refractivity contribution in [2.75, 3.05) is 17.1 Å². The molecule has 2 amide bonds. The number of carbonyl (C=O) groups excluding carboxylic acids is 2. The van der Waals surface area contributed by atoms with E-state index in [1.165, 1.54) is 4.90 Å². The van der Waals surface area contributed by atoms with Crippen LogP contribution in [0.1, 0.15) is 44.6 Å². The zero-order valence-electron chi connectivity index (χ0n) is 21.8. The van der Waals surface area contributed by atoms with Crippen molar-refractivity contribution in [3.8, 4) is 0 Å². The highest BCUT2D eigenvalue weighted by molar-refractivity contribution is 7.92. The van der Waals surface area contributed by atoms with Crippen LogP contribution in [-0.2, 0) is 26.2 Å². The zero-order chi connectivity index (χ0) is 27.3. The molecular weight excluding hydrogens is 522 g/mol. The second kappa shape index (κ2) is 12.2. The lowest BCUT2D eigenvalue weighted by molar-refractivity contribution is -0.139. The number of sulfonamides is 1. The number of nitrogens with zero attached hydrogens (tertiary/aromatic N) is 2. The molecule has 3 aromatic rings. The van der Waals surface area contributed by atoms with Gasteiger partial charge in [-0.2, -0.15) is 0 Å². The summed E-state index contributed by atoms with van der Waals surface area (Å²) in [5.41, 5.74) is 1.09. The van der Waals surface area contributed by atoms with Crippen LogP contribution in [0.2, 0.25) is 5.02 Å². The van der Waals surface area contributed by atoms with E-state index in [2.05, 4.69) is 5.32 Å². The second-order valence-electron chi connectivity index (χ2n) is 9.90. The van der Waals surface area contributed by atoms with Gasteiger partial charge in [0, 0.05) is 23.0 Å². The molecule has 0 saturated heterocycles. The molecule has 0 radical (unpaired) electrons. The molecule has 1 aliphatic carbocycles. The van der Waals surface area contributed by atoms with Gasteiger partial charge in [0.15, 0.2) is 0 Å². The van der Waals surface area contributed by atoms with Crippen molar-refractivity contribution in [1.82, 2.24) is 10.2 Å². The third-order valence-electron chi connectivity index (χ3n) is 7.13. The second-order valence-corrected chi connectivity index (χ2v) is 12.2. The van der Waals surface area contributed by atoms with E-state index in [-0.39, 0.29) is 18.5 Å². The van der Waals surface area contributed by atoms with E-state index in [4.69, 9.17) is 11.6 Å². The number of halogens is 1. The molecule has 1 atom stereocenters. The Balaban J connectivity index is 1.65. The van der Waals surface area contributed by atoms with Crippen LogP contribution >= 0.6 is 11.6 Å². The lowest BCUT2D eigenvalue weighted by Gasteiger charge is -2.33. The molecule has 0 aromatic heterocycles. The smallest absolute Gasteiger partial charge is 0.244 e. The summed E-state index contributed by atoms with van der Waals surface area (Å²) >= 11 is 6.41. The lowest BCUT2D eigenvalue weighted by atomic mass is 9.95. The van der Waals surface area contributed by atoms with Gasteiger partial charge < -0.3 is 10.2 Å². The highest BCUT2D eigenvalue weighted by Crippen LogP contribution is 2.29. The van der Waals surface area contributed by atoms with Crippen LogP contribution in [0.25, 0.3) is 10.8 Å². The molecule has 9 heteroatoms. The van der Waals surface area contributed by atoms with Gasteiger partial charge in [-0.05, 0) is 42.8 Å². The quantitative estimate of drug-likeness (QED) is 0.397. The number of nitrogens with one attached hydrogen (secondary N) is 1. The first-order valence-electron chi connectivity index (χ1n) is 12.9. The number of rotatable bonds is 9. The Labute approximate surface area is 229 Å². The fourth-order valence-electron chi connectivity index (χ4n) is 4.98.